The molecular formula is C24H36N2O4S. The molecule has 4 fully saturated rings. The maximum atomic E-state index is 13.4. The Labute approximate surface area is 186 Å². The van der Waals surface area contributed by atoms with Crippen LogP contribution in [-0.4, -0.2) is 37.2 Å². The van der Waals surface area contributed by atoms with E-state index in [2.05, 4.69) is 19.2 Å². The van der Waals surface area contributed by atoms with E-state index >= 15 is 0 Å². The number of carbonyl (C=O) groups is 1. The smallest absolute Gasteiger partial charge is 0.318 e. The molecule has 6 nitrogen and oxygen atoms in total. The van der Waals surface area contributed by atoms with Crippen molar-refractivity contribution in [3.63, 3.8) is 0 Å². The van der Waals surface area contributed by atoms with Gasteiger partial charge in [0.05, 0.1) is 5.75 Å². The fourth-order valence-corrected chi connectivity index (χ4v) is 6.83. The van der Waals surface area contributed by atoms with Crippen molar-refractivity contribution in [1.82, 2.24) is 10.2 Å². The summed E-state index contributed by atoms with van der Waals surface area (Å²) in [5.41, 5.74) is 0.954. The molecule has 4 saturated carbocycles. The Balaban J connectivity index is 1.43. The van der Waals surface area contributed by atoms with Gasteiger partial charge in [-0.2, -0.15) is 8.42 Å². The van der Waals surface area contributed by atoms with E-state index < -0.39 is 10.1 Å². The summed E-state index contributed by atoms with van der Waals surface area (Å²) in [6, 6.07) is 7.03. The minimum Gasteiger partial charge on any atom is -0.382 e. The Morgan fingerprint density at radius 2 is 1.65 bits per heavy atom. The molecule has 1 aromatic rings. The fourth-order valence-electron chi connectivity index (χ4n) is 6.31. The Morgan fingerprint density at radius 3 is 2.13 bits per heavy atom. The van der Waals surface area contributed by atoms with Crippen LogP contribution in [-0.2, 0) is 16.7 Å². The van der Waals surface area contributed by atoms with E-state index in [9.17, 15) is 13.2 Å². The van der Waals surface area contributed by atoms with Gasteiger partial charge >= 0.3 is 16.1 Å². The number of nitrogens with one attached hydrogen (secondary N) is 1. The zero-order valence-corrected chi connectivity index (χ0v) is 19.8. The number of hydrogen-bond donors (Lipinski definition) is 1. The van der Waals surface area contributed by atoms with Crippen molar-refractivity contribution in [1.29, 1.82) is 0 Å². The summed E-state index contributed by atoms with van der Waals surface area (Å²) < 4.78 is 28.4. The van der Waals surface area contributed by atoms with Gasteiger partial charge in [-0.05, 0) is 86.8 Å². The van der Waals surface area contributed by atoms with Crippen molar-refractivity contribution in [2.24, 2.45) is 23.7 Å². The summed E-state index contributed by atoms with van der Waals surface area (Å²) in [5, 5.41) is 3.48. The van der Waals surface area contributed by atoms with Gasteiger partial charge in [0, 0.05) is 18.6 Å². The maximum Gasteiger partial charge on any atom is 0.318 e. The van der Waals surface area contributed by atoms with Crippen molar-refractivity contribution < 1.29 is 17.4 Å². The van der Waals surface area contributed by atoms with Crippen LogP contribution in [0, 0.1) is 23.7 Å². The topological polar surface area (TPSA) is 75.7 Å². The second kappa shape index (κ2) is 8.64. The van der Waals surface area contributed by atoms with Crippen LogP contribution in [0.25, 0.3) is 0 Å². The molecule has 4 bridgehead atoms. The summed E-state index contributed by atoms with van der Waals surface area (Å²) in [7, 11) is -3.54. The molecule has 4 aliphatic carbocycles. The molecule has 1 aromatic carbocycles. The first-order valence-corrected chi connectivity index (χ1v) is 13.3. The Morgan fingerprint density at radius 1 is 1.10 bits per heavy atom. The van der Waals surface area contributed by atoms with Gasteiger partial charge in [-0.3, -0.25) is 0 Å². The van der Waals surface area contributed by atoms with E-state index in [-0.39, 0.29) is 17.3 Å². The number of hydrogen-bond acceptors (Lipinski definition) is 4. The van der Waals surface area contributed by atoms with E-state index in [1.54, 1.807) is 19.1 Å². The second-order valence-electron chi connectivity index (χ2n) is 10.5. The van der Waals surface area contributed by atoms with E-state index in [0.717, 1.165) is 42.6 Å². The minimum atomic E-state index is -3.54. The Hall–Kier alpha value is -1.76. The highest BCUT2D eigenvalue weighted by atomic mass is 32.2. The standard InChI is InChI=1S/C24H36N2O4S/c1-4-31(28,29)30-22-7-5-18(6-8-22)16-26(15-17(2)3)23(27)25-24-12-19-9-20(13-24)11-21(10-19)14-24/h5-8,17,19-21H,4,9-16H2,1-3H3,(H,25,27). The van der Waals surface area contributed by atoms with E-state index in [4.69, 9.17) is 4.18 Å². The van der Waals surface area contributed by atoms with Crippen molar-refractivity contribution in [3.05, 3.63) is 29.8 Å². The minimum absolute atomic E-state index is 0.00667. The lowest BCUT2D eigenvalue weighted by molar-refractivity contribution is -0.0160. The van der Waals surface area contributed by atoms with Crippen molar-refractivity contribution in [2.75, 3.05) is 12.3 Å². The molecule has 1 N–H and O–H groups in total. The number of rotatable bonds is 8. The Bertz CT molecular complexity index is 859. The van der Waals surface area contributed by atoms with Crippen LogP contribution in [0.2, 0.25) is 0 Å². The summed E-state index contributed by atoms with van der Waals surface area (Å²) >= 11 is 0. The van der Waals surface area contributed by atoms with E-state index in [1.165, 1.54) is 19.3 Å². The molecule has 31 heavy (non-hydrogen) atoms. The molecule has 0 unspecified atom stereocenters. The van der Waals surface area contributed by atoms with Crippen LogP contribution in [0.15, 0.2) is 24.3 Å². The highest BCUT2D eigenvalue weighted by molar-refractivity contribution is 7.87. The quantitative estimate of drug-likeness (QED) is 0.592. The third kappa shape index (κ3) is 5.36. The van der Waals surface area contributed by atoms with Crippen LogP contribution in [0.3, 0.4) is 0 Å². The van der Waals surface area contributed by atoms with Crippen LogP contribution in [0.1, 0.15) is 64.9 Å². The van der Waals surface area contributed by atoms with Crippen LogP contribution < -0.4 is 9.50 Å². The van der Waals surface area contributed by atoms with Gasteiger partial charge in [0.25, 0.3) is 0 Å². The van der Waals surface area contributed by atoms with Crippen LogP contribution >= 0.6 is 0 Å². The molecule has 0 atom stereocenters. The molecule has 0 aromatic heterocycles. The first kappa shape index (κ1) is 22.4. The third-order valence-corrected chi connectivity index (χ3v) is 8.31. The summed E-state index contributed by atoms with van der Waals surface area (Å²) in [5.74, 6) is 2.96. The highest BCUT2D eigenvalue weighted by Gasteiger charge is 2.51. The molecule has 0 radical (unpaired) electrons. The van der Waals surface area contributed by atoms with Gasteiger partial charge in [-0.1, -0.05) is 26.0 Å². The lowest BCUT2D eigenvalue weighted by atomic mass is 9.53. The normalized spacial score (nSPS) is 29.2. The first-order valence-electron chi connectivity index (χ1n) is 11.7. The molecular weight excluding hydrogens is 412 g/mol. The molecule has 172 valence electrons. The zero-order chi connectivity index (χ0) is 22.2. The van der Waals surface area contributed by atoms with Crippen molar-refractivity contribution in [3.8, 4) is 5.75 Å². The lowest BCUT2D eigenvalue weighted by Crippen LogP contribution is -2.62. The predicted octanol–water partition coefficient (Wildman–Crippen LogP) is 4.55. The average Bonchev–Trinajstić information content (AvgIpc) is 2.67. The van der Waals surface area contributed by atoms with E-state index in [1.807, 2.05) is 17.0 Å². The monoisotopic (exact) mass is 448 g/mol. The molecule has 5 rings (SSSR count). The molecule has 0 aliphatic heterocycles. The van der Waals surface area contributed by atoms with Gasteiger partial charge in [0.15, 0.2) is 0 Å². The van der Waals surface area contributed by atoms with Crippen molar-refractivity contribution in [2.45, 2.75) is 71.4 Å². The summed E-state index contributed by atoms with van der Waals surface area (Å²) in [6.07, 6.45) is 7.47. The number of carbonyl (C=O) groups excluding carboxylic acids is 1. The molecule has 0 spiro atoms. The second-order valence-corrected chi connectivity index (χ2v) is 12.3. The van der Waals surface area contributed by atoms with Crippen LogP contribution in [0.5, 0.6) is 5.75 Å². The number of nitrogens with zero attached hydrogens (tertiary/aromatic N) is 1. The zero-order valence-electron chi connectivity index (χ0n) is 19.0. The number of benzene rings is 1. The molecule has 0 heterocycles. The highest BCUT2D eigenvalue weighted by Crippen LogP contribution is 2.55. The van der Waals surface area contributed by atoms with E-state index in [0.29, 0.717) is 24.8 Å². The fraction of sp³-hybridized carbons (Fsp3) is 0.708. The summed E-state index contributed by atoms with van der Waals surface area (Å²) in [6.45, 7) is 6.98. The summed E-state index contributed by atoms with van der Waals surface area (Å²) in [4.78, 5) is 15.3. The van der Waals surface area contributed by atoms with Crippen molar-refractivity contribution >= 4 is 16.1 Å². The van der Waals surface area contributed by atoms with Crippen LogP contribution in [0.4, 0.5) is 4.79 Å². The van der Waals surface area contributed by atoms with Gasteiger partial charge < -0.3 is 14.4 Å². The lowest BCUT2D eigenvalue weighted by Gasteiger charge is -2.57. The molecule has 4 aliphatic rings. The SMILES string of the molecule is CCS(=O)(=O)Oc1ccc(CN(CC(C)C)C(=O)NC23CC4CC(CC(C4)C2)C3)cc1. The average molecular weight is 449 g/mol. The molecule has 7 heteroatoms. The first-order chi connectivity index (χ1) is 14.7. The Kier molecular flexibility index (Phi) is 6.25. The largest absolute Gasteiger partial charge is 0.382 e. The third-order valence-electron chi connectivity index (χ3n) is 7.16. The van der Waals surface area contributed by atoms with Gasteiger partial charge in [-0.25, -0.2) is 4.79 Å². The maximum absolute atomic E-state index is 13.4. The van der Waals surface area contributed by atoms with Gasteiger partial charge in [0.1, 0.15) is 5.75 Å². The van der Waals surface area contributed by atoms with Gasteiger partial charge in [-0.15, -0.1) is 0 Å². The molecule has 0 saturated heterocycles. The number of urea groups is 1. The predicted molar refractivity (Wildman–Crippen MR) is 121 cm³/mol. The number of amides is 2. The molecule has 2 amide bonds. The van der Waals surface area contributed by atoms with Gasteiger partial charge in [0.2, 0.25) is 0 Å².